The minimum atomic E-state index is -0.863. The molecule has 0 fully saturated rings. The third-order valence-corrected chi connectivity index (χ3v) is 1.89. The van der Waals surface area contributed by atoms with Crippen LogP contribution in [0.2, 0.25) is 0 Å². The Morgan fingerprint density at radius 2 is 2.50 bits per heavy atom. The van der Waals surface area contributed by atoms with E-state index >= 15 is 0 Å². The molecular formula is C7H9BrFN. The largest absolute Gasteiger partial charge is 0.327 e. The number of hydrogen-bond acceptors (Lipinski definition) is 1. The van der Waals surface area contributed by atoms with Gasteiger partial charge in [0.25, 0.3) is 0 Å². The molecule has 0 spiro atoms. The number of nitrogens with two attached hydrogens (primary N) is 1. The van der Waals surface area contributed by atoms with Gasteiger partial charge in [0.1, 0.15) is 6.17 Å². The fourth-order valence-electron chi connectivity index (χ4n) is 0.926. The van der Waals surface area contributed by atoms with Gasteiger partial charge in [-0.25, -0.2) is 4.39 Å². The molecule has 1 aliphatic carbocycles. The first-order valence-electron chi connectivity index (χ1n) is 3.13. The van der Waals surface area contributed by atoms with Crippen LogP contribution < -0.4 is 5.73 Å². The Labute approximate surface area is 67.9 Å². The van der Waals surface area contributed by atoms with Crippen LogP contribution in [0.1, 0.15) is 6.42 Å². The molecule has 1 nitrogen and oxygen atoms in total. The van der Waals surface area contributed by atoms with E-state index in [1.165, 1.54) is 0 Å². The second-order valence-corrected chi connectivity index (χ2v) is 3.19. The van der Waals surface area contributed by atoms with Gasteiger partial charge in [0.2, 0.25) is 0 Å². The maximum Gasteiger partial charge on any atom is 0.123 e. The lowest BCUT2D eigenvalue weighted by molar-refractivity contribution is 0.393. The van der Waals surface area contributed by atoms with Gasteiger partial charge in [0.05, 0.1) is 0 Å². The molecule has 1 atom stereocenters. The summed E-state index contributed by atoms with van der Waals surface area (Å²) in [7, 11) is 0. The standard InChI is InChI=1S/C7H9BrFN/c8-6-1-5(4-10)2-7(9)3-6/h1,3,7H,2,4,10H2. The van der Waals surface area contributed by atoms with Crippen molar-refractivity contribution in [2.24, 2.45) is 5.73 Å². The van der Waals surface area contributed by atoms with Crippen LogP contribution in [0.5, 0.6) is 0 Å². The van der Waals surface area contributed by atoms with Crippen LogP contribution in [-0.2, 0) is 0 Å². The second-order valence-electron chi connectivity index (χ2n) is 2.28. The Bertz CT molecular complexity index is 186. The number of halogens is 2. The van der Waals surface area contributed by atoms with Crippen LogP contribution in [0, 0.1) is 0 Å². The van der Waals surface area contributed by atoms with E-state index in [1.807, 2.05) is 6.08 Å². The van der Waals surface area contributed by atoms with Crippen LogP contribution in [-0.4, -0.2) is 12.7 Å². The predicted octanol–water partition coefficient (Wildman–Crippen LogP) is 1.89. The lowest BCUT2D eigenvalue weighted by atomic mass is 10.0. The Balaban J connectivity index is 2.70. The van der Waals surface area contributed by atoms with E-state index in [1.54, 1.807) is 6.08 Å². The summed E-state index contributed by atoms with van der Waals surface area (Å²) in [5.41, 5.74) is 6.30. The van der Waals surface area contributed by atoms with E-state index in [4.69, 9.17) is 5.73 Å². The first kappa shape index (κ1) is 7.95. The molecule has 2 N–H and O–H groups in total. The average Bonchev–Trinajstić information content (AvgIpc) is 1.85. The molecule has 0 heterocycles. The van der Waals surface area contributed by atoms with Crippen molar-refractivity contribution in [3.05, 3.63) is 22.2 Å². The first-order valence-corrected chi connectivity index (χ1v) is 3.92. The molecule has 3 heteroatoms. The Morgan fingerprint density at radius 3 is 3.00 bits per heavy atom. The Kier molecular flexibility index (Phi) is 2.63. The van der Waals surface area contributed by atoms with Crippen molar-refractivity contribution >= 4 is 15.9 Å². The van der Waals surface area contributed by atoms with Crippen LogP contribution in [0.15, 0.2) is 22.2 Å². The van der Waals surface area contributed by atoms with E-state index in [2.05, 4.69) is 15.9 Å². The molecule has 0 saturated carbocycles. The predicted molar refractivity (Wildman–Crippen MR) is 43.7 cm³/mol. The zero-order valence-electron chi connectivity index (χ0n) is 5.48. The highest BCUT2D eigenvalue weighted by atomic mass is 79.9. The molecule has 0 amide bonds. The quantitative estimate of drug-likeness (QED) is 0.696. The van der Waals surface area contributed by atoms with Crippen molar-refractivity contribution in [2.45, 2.75) is 12.6 Å². The van der Waals surface area contributed by atoms with E-state index in [9.17, 15) is 4.39 Å². The summed E-state index contributed by atoms with van der Waals surface area (Å²) in [6, 6.07) is 0. The normalized spacial score (nSPS) is 25.7. The molecule has 0 aliphatic heterocycles. The lowest BCUT2D eigenvalue weighted by Gasteiger charge is -2.11. The van der Waals surface area contributed by atoms with Crippen LogP contribution >= 0.6 is 15.9 Å². The van der Waals surface area contributed by atoms with Gasteiger partial charge in [-0.3, -0.25) is 0 Å². The number of allylic oxidation sites excluding steroid dienone is 3. The monoisotopic (exact) mass is 205 g/mol. The molecule has 0 radical (unpaired) electrons. The first-order chi connectivity index (χ1) is 4.72. The molecule has 0 saturated heterocycles. The summed E-state index contributed by atoms with van der Waals surface area (Å²) in [6.45, 7) is 0.448. The summed E-state index contributed by atoms with van der Waals surface area (Å²) < 4.78 is 13.5. The molecule has 0 aromatic carbocycles. The highest BCUT2D eigenvalue weighted by Gasteiger charge is 2.11. The number of hydrogen-bond donors (Lipinski definition) is 1. The topological polar surface area (TPSA) is 26.0 Å². The second kappa shape index (κ2) is 3.30. The van der Waals surface area contributed by atoms with Gasteiger partial charge in [0.15, 0.2) is 0 Å². The fraction of sp³-hybridized carbons (Fsp3) is 0.429. The van der Waals surface area contributed by atoms with Crippen molar-refractivity contribution in [3.8, 4) is 0 Å². The van der Waals surface area contributed by atoms with Gasteiger partial charge >= 0.3 is 0 Å². The van der Waals surface area contributed by atoms with Gasteiger partial charge in [-0.05, 0) is 12.2 Å². The van der Waals surface area contributed by atoms with Gasteiger partial charge in [0, 0.05) is 17.4 Å². The van der Waals surface area contributed by atoms with Gasteiger partial charge in [-0.1, -0.05) is 21.5 Å². The third-order valence-electron chi connectivity index (χ3n) is 1.40. The summed E-state index contributed by atoms with van der Waals surface area (Å²) in [5.74, 6) is 0. The summed E-state index contributed by atoms with van der Waals surface area (Å²) in [4.78, 5) is 0. The van der Waals surface area contributed by atoms with E-state index in [0.29, 0.717) is 13.0 Å². The highest BCUT2D eigenvalue weighted by molar-refractivity contribution is 9.11. The van der Waals surface area contributed by atoms with Crippen molar-refractivity contribution in [2.75, 3.05) is 6.54 Å². The summed E-state index contributed by atoms with van der Waals surface area (Å²) in [5, 5.41) is 0. The third kappa shape index (κ3) is 1.92. The van der Waals surface area contributed by atoms with Crippen molar-refractivity contribution < 1.29 is 4.39 Å². The summed E-state index contributed by atoms with van der Waals surface area (Å²) in [6.07, 6.45) is 3.00. The zero-order chi connectivity index (χ0) is 7.56. The van der Waals surface area contributed by atoms with E-state index in [0.717, 1.165) is 10.1 Å². The van der Waals surface area contributed by atoms with Crippen LogP contribution in [0.4, 0.5) is 4.39 Å². The van der Waals surface area contributed by atoms with Crippen molar-refractivity contribution in [3.63, 3.8) is 0 Å². The highest BCUT2D eigenvalue weighted by Crippen LogP contribution is 2.22. The van der Waals surface area contributed by atoms with Gasteiger partial charge in [-0.2, -0.15) is 0 Å². The minimum Gasteiger partial charge on any atom is -0.327 e. The van der Waals surface area contributed by atoms with Gasteiger partial charge < -0.3 is 5.73 Å². The molecular weight excluding hydrogens is 197 g/mol. The maximum atomic E-state index is 12.7. The smallest absolute Gasteiger partial charge is 0.123 e. The summed E-state index contributed by atoms with van der Waals surface area (Å²) >= 11 is 3.20. The van der Waals surface area contributed by atoms with Crippen molar-refractivity contribution in [1.82, 2.24) is 0 Å². The Hall–Kier alpha value is -0.150. The Morgan fingerprint density at radius 1 is 1.80 bits per heavy atom. The zero-order valence-corrected chi connectivity index (χ0v) is 7.07. The van der Waals surface area contributed by atoms with E-state index < -0.39 is 6.17 Å². The lowest BCUT2D eigenvalue weighted by Crippen LogP contribution is -2.11. The molecule has 10 heavy (non-hydrogen) atoms. The van der Waals surface area contributed by atoms with E-state index in [-0.39, 0.29) is 0 Å². The molecule has 0 aromatic rings. The molecule has 0 bridgehead atoms. The maximum absolute atomic E-state index is 12.7. The van der Waals surface area contributed by atoms with Crippen LogP contribution in [0.25, 0.3) is 0 Å². The number of alkyl halides is 1. The average molecular weight is 206 g/mol. The van der Waals surface area contributed by atoms with Crippen LogP contribution in [0.3, 0.4) is 0 Å². The molecule has 1 aliphatic rings. The fourth-order valence-corrected chi connectivity index (χ4v) is 1.54. The minimum absolute atomic E-state index is 0.448. The molecule has 0 aromatic heterocycles. The number of rotatable bonds is 1. The molecule has 1 rings (SSSR count). The SMILES string of the molecule is NCC1=CC(Br)=CC(F)C1. The van der Waals surface area contributed by atoms with Crippen molar-refractivity contribution in [1.29, 1.82) is 0 Å². The molecule has 56 valence electrons. The molecule has 1 unspecified atom stereocenters. The van der Waals surface area contributed by atoms with Gasteiger partial charge in [-0.15, -0.1) is 0 Å².